The van der Waals surface area contributed by atoms with E-state index in [0.717, 1.165) is 5.56 Å². The molecule has 0 saturated carbocycles. The van der Waals surface area contributed by atoms with Gasteiger partial charge in [0.2, 0.25) is 0 Å². The third-order valence-corrected chi connectivity index (χ3v) is 1.77. The van der Waals surface area contributed by atoms with E-state index in [1.165, 1.54) is 0 Å². The molecule has 1 rings (SSSR count). The van der Waals surface area contributed by atoms with Crippen molar-refractivity contribution >= 4 is 5.69 Å². The first-order valence-corrected chi connectivity index (χ1v) is 4.17. The molecule has 0 aliphatic heterocycles. The van der Waals surface area contributed by atoms with Gasteiger partial charge in [-0.05, 0) is 24.6 Å². The van der Waals surface area contributed by atoms with E-state index in [1.54, 1.807) is 19.1 Å². The third-order valence-electron chi connectivity index (χ3n) is 1.77. The fourth-order valence-electron chi connectivity index (χ4n) is 1.08. The highest BCUT2D eigenvalue weighted by atomic mass is 16.3. The van der Waals surface area contributed by atoms with Crippen molar-refractivity contribution in [1.82, 2.24) is 0 Å². The minimum Gasteiger partial charge on any atom is -0.399 e. The lowest BCUT2D eigenvalue weighted by Crippen LogP contribution is -1.96. The molecular weight excluding hydrogens is 162 g/mol. The number of anilines is 1. The Morgan fingerprint density at radius 3 is 2.92 bits per heavy atom. The highest BCUT2D eigenvalue weighted by Crippen LogP contribution is 2.17. The van der Waals surface area contributed by atoms with Crippen molar-refractivity contribution in [2.24, 2.45) is 0 Å². The highest BCUT2D eigenvalue weighted by Gasteiger charge is 2.04. The van der Waals surface area contributed by atoms with Crippen LogP contribution in [0.4, 0.5) is 5.69 Å². The van der Waals surface area contributed by atoms with Crippen LogP contribution in [0.3, 0.4) is 0 Å². The highest BCUT2D eigenvalue weighted by molar-refractivity contribution is 5.41. The summed E-state index contributed by atoms with van der Waals surface area (Å²) in [6, 6.07) is 7.23. The SMILES string of the molecule is CC#CCC(O)c1cccc(N)c1. The van der Waals surface area contributed by atoms with Crippen LogP contribution in [0, 0.1) is 11.8 Å². The number of aliphatic hydroxyl groups is 1. The Bertz CT molecular complexity index is 335. The molecule has 68 valence electrons. The van der Waals surface area contributed by atoms with Crippen molar-refractivity contribution < 1.29 is 5.11 Å². The van der Waals surface area contributed by atoms with Gasteiger partial charge in [0, 0.05) is 12.1 Å². The number of benzene rings is 1. The fraction of sp³-hybridized carbons (Fsp3) is 0.273. The smallest absolute Gasteiger partial charge is 0.0899 e. The van der Waals surface area contributed by atoms with E-state index >= 15 is 0 Å². The van der Waals surface area contributed by atoms with Gasteiger partial charge in [-0.15, -0.1) is 11.8 Å². The predicted molar refractivity (Wildman–Crippen MR) is 53.9 cm³/mol. The van der Waals surface area contributed by atoms with Crippen LogP contribution < -0.4 is 5.73 Å². The summed E-state index contributed by atoms with van der Waals surface area (Å²) in [5.74, 6) is 5.57. The molecule has 0 aromatic heterocycles. The first-order chi connectivity index (χ1) is 6.24. The summed E-state index contributed by atoms with van der Waals surface area (Å²) in [5, 5.41) is 9.62. The zero-order valence-corrected chi connectivity index (χ0v) is 7.62. The quantitative estimate of drug-likeness (QED) is 0.531. The first-order valence-electron chi connectivity index (χ1n) is 4.17. The number of nitrogen functional groups attached to an aromatic ring is 1. The Kier molecular flexibility index (Phi) is 3.36. The number of rotatable bonds is 2. The number of nitrogens with two attached hydrogens (primary N) is 1. The second-order valence-corrected chi connectivity index (χ2v) is 2.82. The van der Waals surface area contributed by atoms with Gasteiger partial charge in [-0.2, -0.15) is 0 Å². The summed E-state index contributed by atoms with van der Waals surface area (Å²) in [6.07, 6.45) is -0.0732. The molecule has 1 aromatic rings. The van der Waals surface area contributed by atoms with Crippen LogP contribution in [0.2, 0.25) is 0 Å². The van der Waals surface area contributed by atoms with Crippen LogP contribution in [0.1, 0.15) is 25.0 Å². The Labute approximate surface area is 78.4 Å². The maximum absolute atomic E-state index is 9.62. The summed E-state index contributed by atoms with van der Waals surface area (Å²) < 4.78 is 0. The van der Waals surface area contributed by atoms with Crippen LogP contribution in [0.25, 0.3) is 0 Å². The van der Waals surface area contributed by atoms with Crippen molar-refractivity contribution in [3.05, 3.63) is 29.8 Å². The molecule has 1 aromatic carbocycles. The maximum atomic E-state index is 9.62. The molecule has 0 amide bonds. The second kappa shape index (κ2) is 4.54. The summed E-state index contributed by atoms with van der Waals surface area (Å²) in [5.41, 5.74) is 7.07. The Morgan fingerprint density at radius 2 is 2.31 bits per heavy atom. The molecule has 0 spiro atoms. The summed E-state index contributed by atoms with van der Waals surface area (Å²) in [6.45, 7) is 1.76. The largest absolute Gasteiger partial charge is 0.399 e. The molecule has 1 atom stereocenters. The Balaban J connectivity index is 2.74. The van der Waals surface area contributed by atoms with Gasteiger partial charge in [-0.1, -0.05) is 12.1 Å². The van der Waals surface area contributed by atoms with Crippen molar-refractivity contribution in [1.29, 1.82) is 0 Å². The van der Waals surface area contributed by atoms with E-state index in [-0.39, 0.29) is 0 Å². The molecule has 0 heterocycles. The molecule has 0 bridgehead atoms. The Morgan fingerprint density at radius 1 is 1.54 bits per heavy atom. The molecule has 0 radical (unpaired) electrons. The zero-order chi connectivity index (χ0) is 9.68. The molecule has 0 aliphatic carbocycles. The van der Waals surface area contributed by atoms with Crippen molar-refractivity contribution in [2.45, 2.75) is 19.4 Å². The van der Waals surface area contributed by atoms with E-state index in [1.807, 2.05) is 12.1 Å². The van der Waals surface area contributed by atoms with E-state index < -0.39 is 6.10 Å². The first kappa shape index (κ1) is 9.63. The molecule has 2 heteroatoms. The molecule has 13 heavy (non-hydrogen) atoms. The molecule has 0 fully saturated rings. The average Bonchev–Trinajstić information content (AvgIpc) is 2.14. The van der Waals surface area contributed by atoms with Crippen molar-refractivity contribution in [3.63, 3.8) is 0 Å². The summed E-state index contributed by atoms with van der Waals surface area (Å²) in [7, 11) is 0. The van der Waals surface area contributed by atoms with Gasteiger partial charge >= 0.3 is 0 Å². The molecule has 0 aliphatic rings. The van der Waals surface area contributed by atoms with Gasteiger partial charge in [0.15, 0.2) is 0 Å². The van der Waals surface area contributed by atoms with Crippen molar-refractivity contribution in [2.75, 3.05) is 5.73 Å². The molecular formula is C11H13NO. The maximum Gasteiger partial charge on any atom is 0.0899 e. The van der Waals surface area contributed by atoms with E-state index in [2.05, 4.69) is 11.8 Å². The monoisotopic (exact) mass is 175 g/mol. The van der Waals surface area contributed by atoms with E-state index in [0.29, 0.717) is 12.1 Å². The standard InChI is InChI=1S/C11H13NO/c1-2-3-7-11(13)9-5-4-6-10(12)8-9/h4-6,8,11,13H,7,12H2,1H3. The van der Waals surface area contributed by atoms with Crippen LogP contribution >= 0.6 is 0 Å². The lowest BCUT2D eigenvalue weighted by molar-refractivity contribution is 0.184. The lowest BCUT2D eigenvalue weighted by Gasteiger charge is -2.07. The van der Waals surface area contributed by atoms with Gasteiger partial charge in [0.1, 0.15) is 0 Å². The number of aliphatic hydroxyl groups excluding tert-OH is 1. The third kappa shape index (κ3) is 2.81. The molecule has 3 N–H and O–H groups in total. The second-order valence-electron chi connectivity index (χ2n) is 2.82. The Hall–Kier alpha value is -1.46. The van der Waals surface area contributed by atoms with Crippen molar-refractivity contribution in [3.8, 4) is 11.8 Å². The predicted octanol–water partition coefficient (Wildman–Crippen LogP) is 1.72. The molecule has 1 unspecified atom stereocenters. The van der Waals surface area contributed by atoms with E-state index in [4.69, 9.17) is 5.73 Å². The van der Waals surface area contributed by atoms with Gasteiger partial charge in [0.05, 0.1) is 6.10 Å². The fourth-order valence-corrected chi connectivity index (χ4v) is 1.08. The van der Waals surface area contributed by atoms with Gasteiger partial charge in [-0.25, -0.2) is 0 Å². The average molecular weight is 175 g/mol. The minimum absolute atomic E-state index is 0.458. The van der Waals surface area contributed by atoms with Crippen LogP contribution in [0.15, 0.2) is 24.3 Å². The molecule has 0 saturated heterocycles. The zero-order valence-electron chi connectivity index (χ0n) is 7.62. The van der Waals surface area contributed by atoms with Gasteiger partial charge < -0.3 is 10.8 Å². The number of hydrogen-bond donors (Lipinski definition) is 2. The van der Waals surface area contributed by atoms with Crippen LogP contribution in [-0.2, 0) is 0 Å². The summed E-state index contributed by atoms with van der Waals surface area (Å²) in [4.78, 5) is 0. The normalized spacial score (nSPS) is 11.5. The van der Waals surface area contributed by atoms with Crippen LogP contribution in [0.5, 0.6) is 0 Å². The minimum atomic E-state index is -0.532. The lowest BCUT2D eigenvalue weighted by atomic mass is 10.1. The van der Waals surface area contributed by atoms with Gasteiger partial charge in [0.25, 0.3) is 0 Å². The summed E-state index contributed by atoms with van der Waals surface area (Å²) >= 11 is 0. The topological polar surface area (TPSA) is 46.2 Å². The van der Waals surface area contributed by atoms with E-state index in [9.17, 15) is 5.11 Å². The molecule has 2 nitrogen and oxygen atoms in total. The number of hydrogen-bond acceptors (Lipinski definition) is 2. The van der Waals surface area contributed by atoms with Gasteiger partial charge in [-0.3, -0.25) is 0 Å². The van der Waals surface area contributed by atoms with Crippen LogP contribution in [-0.4, -0.2) is 5.11 Å².